The zero-order valence-corrected chi connectivity index (χ0v) is 13.5. The van der Waals surface area contributed by atoms with Gasteiger partial charge in [0.25, 0.3) is 17.0 Å². The van der Waals surface area contributed by atoms with Crippen molar-refractivity contribution in [3.63, 3.8) is 0 Å². The molecule has 0 spiro atoms. The Balaban J connectivity index is 1.72. The van der Waals surface area contributed by atoms with Crippen molar-refractivity contribution >= 4 is 11.6 Å². The SMILES string of the molecule is Cn1nc(C(=O)N2CCc3nc4ccccn4c(=O)c3C2)ccc1=O. The van der Waals surface area contributed by atoms with E-state index in [1.807, 2.05) is 6.07 Å². The number of hydrogen-bond acceptors (Lipinski definition) is 5. The molecule has 0 aromatic carbocycles. The van der Waals surface area contributed by atoms with Crippen LogP contribution in [0.2, 0.25) is 0 Å². The third kappa shape index (κ3) is 2.51. The summed E-state index contributed by atoms with van der Waals surface area (Å²) in [4.78, 5) is 42.9. The molecule has 0 unspecified atom stereocenters. The molecule has 1 amide bonds. The zero-order valence-electron chi connectivity index (χ0n) is 13.5. The third-order valence-corrected chi connectivity index (χ3v) is 4.35. The summed E-state index contributed by atoms with van der Waals surface area (Å²) < 4.78 is 2.60. The highest BCUT2D eigenvalue weighted by molar-refractivity contribution is 5.92. The number of carbonyl (C=O) groups excluding carboxylic acids is 1. The monoisotopic (exact) mass is 337 g/mol. The number of fused-ring (bicyclic) bond motifs is 2. The van der Waals surface area contributed by atoms with Gasteiger partial charge in [0.1, 0.15) is 11.3 Å². The van der Waals surface area contributed by atoms with Crippen molar-refractivity contribution in [3.8, 4) is 0 Å². The number of nitrogens with zero attached hydrogens (tertiary/aromatic N) is 5. The number of amides is 1. The minimum Gasteiger partial charge on any atom is -0.332 e. The van der Waals surface area contributed by atoms with Gasteiger partial charge in [0.2, 0.25) is 0 Å². The third-order valence-electron chi connectivity index (χ3n) is 4.35. The maximum atomic E-state index is 12.7. The van der Waals surface area contributed by atoms with Gasteiger partial charge < -0.3 is 4.90 Å². The van der Waals surface area contributed by atoms with Gasteiger partial charge >= 0.3 is 0 Å². The van der Waals surface area contributed by atoms with Gasteiger partial charge in [0.05, 0.1) is 17.8 Å². The standard InChI is InChI=1S/C17H15N5O3/c1-20-15(23)6-5-13(19-20)17(25)21-9-7-12-11(10-21)16(24)22-8-3-2-4-14(22)18-12/h2-6,8H,7,9-10H2,1H3. The van der Waals surface area contributed by atoms with Gasteiger partial charge in [0.15, 0.2) is 0 Å². The Bertz CT molecular complexity index is 1120. The predicted octanol–water partition coefficient (Wildman–Crippen LogP) is -0.0133. The molecule has 8 nitrogen and oxygen atoms in total. The fourth-order valence-electron chi connectivity index (χ4n) is 3.00. The first-order valence-corrected chi connectivity index (χ1v) is 7.87. The van der Waals surface area contributed by atoms with Gasteiger partial charge in [-0.15, -0.1) is 0 Å². The number of aryl methyl sites for hydroxylation is 1. The van der Waals surface area contributed by atoms with Crippen LogP contribution in [0.25, 0.3) is 5.65 Å². The van der Waals surface area contributed by atoms with E-state index in [-0.39, 0.29) is 29.3 Å². The maximum Gasteiger partial charge on any atom is 0.274 e. The first-order valence-electron chi connectivity index (χ1n) is 7.87. The Morgan fingerprint density at radius 2 is 2.00 bits per heavy atom. The molecule has 0 saturated carbocycles. The minimum absolute atomic E-state index is 0.161. The van der Waals surface area contributed by atoms with Crippen molar-refractivity contribution in [2.24, 2.45) is 7.05 Å². The smallest absolute Gasteiger partial charge is 0.274 e. The van der Waals surface area contributed by atoms with Crippen LogP contribution in [-0.4, -0.2) is 36.5 Å². The lowest BCUT2D eigenvalue weighted by molar-refractivity contribution is 0.0724. The summed E-state index contributed by atoms with van der Waals surface area (Å²) in [5, 5.41) is 3.99. The molecule has 3 aromatic rings. The summed E-state index contributed by atoms with van der Waals surface area (Å²) in [7, 11) is 1.49. The summed E-state index contributed by atoms with van der Waals surface area (Å²) in [6, 6.07) is 8.10. The van der Waals surface area contributed by atoms with Gasteiger partial charge in [-0.1, -0.05) is 6.07 Å². The Kier molecular flexibility index (Phi) is 3.45. The van der Waals surface area contributed by atoms with E-state index in [0.29, 0.717) is 24.2 Å². The van der Waals surface area contributed by atoms with Gasteiger partial charge in [-0.3, -0.25) is 18.8 Å². The van der Waals surface area contributed by atoms with Gasteiger partial charge in [-0.2, -0.15) is 5.10 Å². The van der Waals surface area contributed by atoms with Crippen LogP contribution in [0.3, 0.4) is 0 Å². The van der Waals surface area contributed by atoms with Crippen LogP contribution >= 0.6 is 0 Å². The van der Waals surface area contributed by atoms with Crippen LogP contribution in [0.1, 0.15) is 21.7 Å². The van der Waals surface area contributed by atoms with Crippen LogP contribution in [0.5, 0.6) is 0 Å². The molecule has 126 valence electrons. The Morgan fingerprint density at radius 1 is 1.16 bits per heavy atom. The Hall–Kier alpha value is -3.29. The van der Waals surface area contributed by atoms with Crippen molar-refractivity contribution in [2.75, 3.05) is 6.54 Å². The molecule has 0 bridgehead atoms. The molecule has 25 heavy (non-hydrogen) atoms. The lowest BCUT2D eigenvalue weighted by atomic mass is 10.1. The molecule has 4 heterocycles. The van der Waals surface area contributed by atoms with Crippen LogP contribution in [0.4, 0.5) is 0 Å². The molecule has 4 rings (SSSR count). The quantitative estimate of drug-likeness (QED) is 0.623. The number of pyridine rings is 1. The van der Waals surface area contributed by atoms with E-state index < -0.39 is 0 Å². The molecule has 0 radical (unpaired) electrons. The number of aromatic nitrogens is 4. The molecule has 8 heteroatoms. The first-order chi connectivity index (χ1) is 12.0. The van der Waals surface area contributed by atoms with Gasteiger partial charge in [0, 0.05) is 32.3 Å². The fraction of sp³-hybridized carbons (Fsp3) is 0.235. The number of rotatable bonds is 1. The highest BCUT2D eigenvalue weighted by Crippen LogP contribution is 2.16. The molecule has 0 atom stereocenters. The van der Waals surface area contributed by atoms with E-state index in [1.54, 1.807) is 23.2 Å². The summed E-state index contributed by atoms with van der Waals surface area (Å²) >= 11 is 0. The first kappa shape index (κ1) is 15.3. The average molecular weight is 337 g/mol. The molecule has 1 aliphatic rings. The Labute approximate surface area is 142 Å². The second-order valence-corrected chi connectivity index (χ2v) is 5.93. The topological polar surface area (TPSA) is 89.6 Å². The van der Waals surface area contributed by atoms with E-state index in [9.17, 15) is 14.4 Å². The molecule has 0 aliphatic carbocycles. The second-order valence-electron chi connectivity index (χ2n) is 5.93. The van der Waals surface area contributed by atoms with Crippen molar-refractivity contribution in [2.45, 2.75) is 13.0 Å². The number of hydrogen-bond donors (Lipinski definition) is 0. The molecule has 0 saturated heterocycles. The van der Waals surface area contributed by atoms with E-state index in [0.717, 1.165) is 10.4 Å². The normalized spacial score (nSPS) is 13.7. The Morgan fingerprint density at radius 3 is 2.80 bits per heavy atom. The lowest BCUT2D eigenvalue weighted by Crippen LogP contribution is -2.41. The maximum absolute atomic E-state index is 12.7. The predicted molar refractivity (Wildman–Crippen MR) is 89.4 cm³/mol. The van der Waals surface area contributed by atoms with Crippen LogP contribution < -0.4 is 11.1 Å². The summed E-state index contributed by atoms with van der Waals surface area (Å²) in [6.07, 6.45) is 2.17. The highest BCUT2D eigenvalue weighted by Gasteiger charge is 2.26. The zero-order chi connectivity index (χ0) is 17.6. The average Bonchev–Trinajstić information content (AvgIpc) is 2.63. The van der Waals surface area contributed by atoms with Crippen molar-refractivity contribution in [3.05, 3.63) is 74.2 Å². The molecule has 0 fully saturated rings. The molecular formula is C17H15N5O3. The van der Waals surface area contributed by atoms with Crippen LogP contribution in [0.15, 0.2) is 46.1 Å². The minimum atomic E-state index is -0.307. The van der Waals surface area contributed by atoms with Crippen molar-refractivity contribution in [1.29, 1.82) is 0 Å². The number of carbonyl (C=O) groups is 1. The summed E-state index contributed by atoms with van der Waals surface area (Å²) in [6.45, 7) is 0.633. The fourth-order valence-corrected chi connectivity index (χ4v) is 3.00. The largest absolute Gasteiger partial charge is 0.332 e. The second kappa shape index (κ2) is 5.66. The molecule has 0 N–H and O–H groups in total. The van der Waals surface area contributed by atoms with Gasteiger partial charge in [-0.25, -0.2) is 9.67 Å². The lowest BCUT2D eigenvalue weighted by Gasteiger charge is -2.27. The summed E-state index contributed by atoms with van der Waals surface area (Å²) in [5.74, 6) is -0.307. The molecular weight excluding hydrogens is 322 g/mol. The van der Waals surface area contributed by atoms with E-state index >= 15 is 0 Å². The van der Waals surface area contributed by atoms with E-state index in [2.05, 4.69) is 10.1 Å². The van der Waals surface area contributed by atoms with Gasteiger partial charge in [-0.05, 0) is 18.2 Å². The summed E-state index contributed by atoms with van der Waals surface area (Å²) in [5.41, 5.74) is 1.59. The molecule has 1 aliphatic heterocycles. The van der Waals surface area contributed by atoms with Crippen molar-refractivity contribution < 1.29 is 4.79 Å². The van der Waals surface area contributed by atoms with Crippen molar-refractivity contribution in [1.82, 2.24) is 24.1 Å². The van der Waals surface area contributed by atoms with Crippen LogP contribution in [-0.2, 0) is 20.0 Å². The molecule has 3 aromatic heterocycles. The van der Waals surface area contributed by atoms with E-state index in [4.69, 9.17) is 0 Å². The highest BCUT2D eigenvalue weighted by atomic mass is 16.2. The van der Waals surface area contributed by atoms with E-state index in [1.165, 1.54) is 23.6 Å². The van der Waals surface area contributed by atoms with Crippen LogP contribution in [0, 0.1) is 0 Å².